The van der Waals surface area contributed by atoms with Crippen molar-refractivity contribution in [2.24, 2.45) is 0 Å². The molecule has 4 heteroatoms. The second-order valence-corrected chi connectivity index (χ2v) is 4.08. The highest BCUT2D eigenvalue weighted by Gasteiger charge is 2.29. The summed E-state index contributed by atoms with van der Waals surface area (Å²) in [6, 6.07) is 0. The Morgan fingerprint density at radius 3 is 2.31 bits per heavy atom. The fourth-order valence-electron chi connectivity index (χ4n) is 0.697. The zero-order valence-electron chi connectivity index (χ0n) is 8.22. The molecular formula is C9H15BrO3. The number of rotatable bonds is 5. The van der Waals surface area contributed by atoms with Crippen LogP contribution in [0.3, 0.4) is 0 Å². The maximum Gasteiger partial charge on any atom is 0.306 e. The van der Waals surface area contributed by atoms with Crippen LogP contribution < -0.4 is 0 Å². The Morgan fingerprint density at radius 2 is 1.92 bits per heavy atom. The number of hydrogen-bond acceptors (Lipinski definition) is 3. The van der Waals surface area contributed by atoms with E-state index in [0.717, 1.165) is 12.8 Å². The first-order valence-electron chi connectivity index (χ1n) is 4.32. The number of carbonyl (C=O) groups excluding carboxylic acids is 2. The van der Waals surface area contributed by atoms with Crippen molar-refractivity contribution in [1.29, 1.82) is 0 Å². The summed E-state index contributed by atoms with van der Waals surface area (Å²) in [5.41, 5.74) is -1.05. The van der Waals surface area contributed by atoms with Gasteiger partial charge in [-0.25, -0.2) is 0 Å². The molecule has 0 aliphatic carbocycles. The molecule has 0 aliphatic rings. The third-order valence-electron chi connectivity index (χ3n) is 1.58. The Morgan fingerprint density at radius 1 is 1.38 bits per heavy atom. The van der Waals surface area contributed by atoms with E-state index in [4.69, 9.17) is 4.74 Å². The molecule has 0 unspecified atom stereocenters. The van der Waals surface area contributed by atoms with Crippen LogP contribution in [0.25, 0.3) is 0 Å². The van der Waals surface area contributed by atoms with Crippen molar-refractivity contribution in [3.05, 3.63) is 0 Å². The summed E-state index contributed by atoms with van der Waals surface area (Å²) in [5.74, 6) is -0.320. The van der Waals surface area contributed by atoms with E-state index in [2.05, 4.69) is 15.9 Å². The average molecular weight is 251 g/mol. The summed E-state index contributed by atoms with van der Waals surface area (Å²) in [4.78, 5) is 22.0. The van der Waals surface area contributed by atoms with Crippen LogP contribution in [0.15, 0.2) is 0 Å². The molecule has 0 saturated heterocycles. The molecule has 3 nitrogen and oxygen atoms in total. The molecule has 13 heavy (non-hydrogen) atoms. The Labute approximate surface area is 87.0 Å². The summed E-state index contributed by atoms with van der Waals surface area (Å²) >= 11 is 2.78. The number of esters is 1. The van der Waals surface area contributed by atoms with E-state index in [9.17, 15) is 9.59 Å². The molecule has 0 aromatic carbocycles. The second kappa shape index (κ2) is 5.37. The minimum Gasteiger partial charge on any atom is -0.451 e. The second-order valence-electron chi connectivity index (χ2n) is 3.36. The first-order chi connectivity index (χ1) is 5.90. The van der Waals surface area contributed by atoms with Crippen LogP contribution in [-0.2, 0) is 14.3 Å². The van der Waals surface area contributed by atoms with E-state index < -0.39 is 5.60 Å². The average Bonchev–Trinajstić information content (AvgIpc) is 1.99. The summed E-state index contributed by atoms with van der Waals surface area (Å²) in [7, 11) is 0. The van der Waals surface area contributed by atoms with Crippen LogP contribution in [-0.4, -0.2) is 16.3 Å². The molecule has 0 spiro atoms. The minimum absolute atomic E-state index is 0.315. The smallest absolute Gasteiger partial charge is 0.306 e. The number of carbonyl (C=O) groups is 2. The lowest BCUT2D eigenvalue weighted by molar-refractivity contribution is -0.160. The Kier molecular flexibility index (Phi) is 5.21. The fourth-order valence-corrected chi connectivity index (χ4v) is 0.778. The zero-order chi connectivity index (χ0) is 10.5. The molecule has 0 atom stereocenters. The number of halogens is 1. The molecular weight excluding hydrogens is 236 g/mol. The van der Waals surface area contributed by atoms with Crippen LogP contribution in [0.1, 0.15) is 40.0 Å². The molecule has 0 saturated carbocycles. The summed E-state index contributed by atoms with van der Waals surface area (Å²) in [6.45, 7) is 5.12. The number of ether oxygens (including phenoxy) is 1. The van der Waals surface area contributed by atoms with Crippen molar-refractivity contribution in [1.82, 2.24) is 0 Å². The molecule has 0 N–H and O–H groups in total. The summed E-state index contributed by atoms with van der Waals surface area (Å²) < 4.78 is 4.65. The van der Waals surface area contributed by atoms with Crippen LogP contribution in [0, 0.1) is 0 Å². The number of hydrogen-bond donors (Lipinski definition) is 0. The number of unbranched alkanes of at least 4 members (excludes halogenated alkanes) is 1. The van der Waals surface area contributed by atoms with Gasteiger partial charge in [0.2, 0.25) is 4.69 Å². The summed E-state index contributed by atoms with van der Waals surface area (Å²) in [6.07, 6.45) is 2.11. The van der Waals surface area contributed by atoms with Gasteiger partial charge in [-0.3, -0.25) is 9.59 Å². The minimum atomic E-state index is -1.05. The third-order valence-corrected chi connectivity index (χ3v) is 2.53. The molecule has 76 valence electrons. The van der Waals surface area contributed by atoms with Gasteiger partial charge in [0.05, 0.1) is 0 Å². The van der Waals surface area contributed by atoms with Crippen LogP contribution in [0.4, 0.5) is 0 Å². The van der Waals surface area contributed by atoms with Gasteiger partial charge in [0.1, 0.15) is 0 Å². The Bertz CT molecular complexity index is 199. The van der Waals surface area contributed by atoms with Crippen LogP contribution in [0.2, 0.25) is 0 Å². The van der Waals surface area contributed by atoms with Crippen molar-refractivity contribution < 1.29 is 14.3 Å². The molecule has 0 amide bonds. The monoisotopic (exact) mass is 250 g/mol. The molecule has 0 fully saturated rings. The Balaban J connectivity index is 3.97. The Hall–Kier alpha value is -0.380. The predicted octanol–water partition coefficient (Wildman–Crippen LogP) is 2.42. The van der Waals surface area contributed by atoms with Gasteiger partial charge < -0.3 is 4.74 Å². The van der Waals surface area contributed by atoms with Crippen LogP contribution >= 0.6 is 15.9 Å². The van der Waals surface area contributed by atoms with Crippen molar-refractivity contribution in [3.63, 3.8) is 0 Å². The van der Waals surface area contributed by atoms with E-state index in [-0.39, 0.29) is 10.7 Å². The predicted molar refractivity (Wildman–Crippen MR) is 53.6 cm³/mol. The highest BCUT2D eigenvalue weighted by Crippen LogP contribution is 2.16. The van der Waals surface area contributed by atoms with Crippen molar-refractivity contribution in [2.45, 2.75) is 45.6 Å². The first-order valence-corrected chi connectivity index (χ1v) is 5.11. The van der Waals surface area contributed by atoms with Crippen molar-refractivity contribution in [2.75, 3.05) is 0 Å². The quantitative estimate of drug-likeness (QED) is 0.556. The maximum atomic E-state index is 11.1. The highest BCUT2D eigenvalue weighted by molar-refractivity contribution is 9.18. The van der Waals surface area contributed by atoms with E-state index in [1.54, 1.807) is 13.8 Å². The van der Waals surface area contributed by atoms with Gasteiger partial charge in [-0.2, -0.15) is 0 Å². The van der Waals surface area contributed by atoms with Gasteiger partial charge in [0, 0.05) is 6.42 Å². The van der Waals surface area contributed by atoms with Gasteiger partial charge in [-0.15, -0.1) is 0 Å². The summed E-state index contributed by atoms with van der Waals surface area (Å²) in [5, 5.41) is 0. The van der Waals surface area contributed by atoms with Gasteiger partial charge >= 0.3 is 5.97 Å². The van der Waals surface area contributed by atoms with Gasteiger partial charge in [-0.1, -0.05) is 13.3 Å². The van der Waals surface area contributed by atoms with Crippen molar-refractivity contribution >= 4 is 26.6 Å². The largest absolute Gasteiger partial charge is 0.451 e. The molecule has 0 rings (SSSR count). The maximum absolute atomic E-state index is 11.1. The molecule has 0 heterocycles. The van der Waals surface area contributed by atoms with Gasteiger partial charge in [0.25, 0.3) is 0 Å². The normalized spacial score (nSPS) is 11.1. The standard InChI is InChI=1S/C9H15BrO3/c1-4-5-6-7(11)13-9(2,3)8(10)12/h4-6H2,1-3H3. The molecule has 0 aromatic heterocycles. The van der Waals surface area contributed by atoms with E-state index in [1.165, 1.54) is 0 Å². The fraction of sp³-hybridized carbons (Fsp3) is 0.778. The SMILES string of the molecule is CCCCC(=O)OC(C)(C)C(=O)Br. The topological polar surface area (TPSA) is 43.4 Å². The highest BCUT2D eigenvalue weighted by atomic mass is 79.9. The molecule has 0 radical (unpaired) electrons. The van der Waals surface area contributed by atoms with Gasteiger partial charge in [0.15, 0.2) is 5.60 Å². The molecule has 0 aromatic rings. The lowest BCUT2D eigenvalue weighted by Crippen LogP contribution is -2.33. The lowest BCUT2D eigenvalue weighted by Gasteiger charge is -2.20. The zero-order valence-corrected chi connectivity index (χ0v) is 9.81. The third kappa shape index (κ3) is 5.03. The van der Waals surface area contributed by atoms with Gasteiger partial charge in [-0.05, 0) is 36.2 Å². The van der Waals surface area contributed by atoms with E-state index in [0.29, 0.717) is 6.42 Å². The van der Waals surface area contributed by atoms with Crippen molar-refractivity contribution in [3.8, 4) is 0 Å². The molecule has 0 bridgehead atoms. The first kappa shape index (κ1) is 12.6. The van der Waals surface area contributed by atoms with E-state index >= 15 is 0 Å². The van der Waals surface area contributed by atoms with Crippen LogP contribution in [0.5, 0.6) is 0 Å². The molecule has 0 aliphatic heterocycles. The lowest BCUT2D eigenvalue weighted by atomic mass is 10.1. The van der Waals surface area contributed by atoms with E-state index in [1.807, 2.05) is 6.92 Å².